The van der Waals surface area contributed by atoms with Crippen LogP contribution in [0.15, 0.2) is 54.6 Å². The summed E-state index contributed by atoms with van der Waals surface area (Å²) in [6.45, 7) is 3.68. The van der Waals surface area contributed by atoms with Crippen molar-refractivity contribution in [1.82, 2.24) is 15.5 Å². The van der Waals surface area contributed by atoms with E-state index < -0.39 is 11.0 Å². The van der Waals surface area contributed by atoms with E-state index in [9.17, 15) is 9.59 Å². The molecular weight excluding hydrogens is 426 g/mol. The topological polar surface area (TPSA) is 70.7 Å². The van der Waals surface area contributed by atoms with Crippen LogP contribution in [0.4, 0.5) is 0 Å². The number of nitrogens with zero attached hydrogens (tertiary/aromatic N) is 1. The van der Waals surface area contributed by atoms with Crippen LogP contribution in [0, 0.1) is 5.92 Å². The minimum Gasteiger partial charge on any atom is -0.497 e. The zero-order chi connectivity index (χ0) is 23.8. The Hall–Kier alpha value is -2.86. The molecule has 0 unspecified atom stereocenters. The van der Waals surface area contributed by atoms with Gasteiger partial charge in [0, 0.05) is 25.9 Å². The number of likely N-dealkylation sites (tertiary alicyclic amines) is 1. The van der Waals surface area contributed by atoms with Gasteiger partial charge in [-0.05, 0) is 49.1 Å². The quantitative estimate of drug-likeness (QED) is 0.714. The van der Waals surface area contributed by atoms with E-state index in [0.29, 0.717) is 13.1 Å². The number of piperidine rings is 1. The third kappa shape index (κ3) is 3.78. The molecule has 6 nitrogen and oxygen atoms in total. The van der Waals surface area contributed by atoms with Gasteiger partial charge in [-0.25, -0.2) is 0 Å². The molecule has 3 atom stereocenters. The van der Waals surface area contributed by atoms with Gasteiger partial charge in [-0.3, -0.25) is 9.59 Å². The number of nitrogens with one attached hydrogen (secondary N) is 2. The van der Waals surface area contributed by atoms with Gasteiger partial charge in [0.2, 0.25) is 11.8 Å². The maximum Gasteiger partial charge on any atom is 0.233 e. The number of rotatable bonds is 5. The summed E-state index contributed by atoms with van der Waals surface area (Å²) in [4.78, 5) is 29.1. The molecule has 2 heterocycles. The van der Waals surface area contributed by atoms with E-state index >= 15 is 0 Å². The average Bonchev–Trinajstić information content (AvgIpc) is 3.48. The van der Waals surface area contributed by atoms with Crippen molar-refractivity contribution in [2.75, 3.05) is 26.7 Å². The molecule has 2 aromatic rings. The fraction of sp³-hybridized carbons (Fsp3) is 0.500. The van der Waals surface area contributed by atoms with Crippen molar-refractivity contribution in [2.45, 2.75) is 56.0 Å². The van der Waals surface area contributed by atoms with Crippen molar-refractivity contribution in [3.63, 3.8) is 0 Å². The van der Waals surface area contributed by atoms with Crippen molar-refractivity contribution >= 4 is 11.8 Å². The summed E-state index contributed by atoms with van der Waals surface area (Å²) in [6.07, 6.45) is 4.71. The van der Waals surface area contributed by atoms with Gasteiger partial charge in [-0.2, -0.15) is 0 Å². The van der Waals surface area contributed by atoms with Crippen molar-refractivity contribution in [2.24, 2.45) is 5.92 Å². The molecule has 6 heteroatoms. The molecule has 0 radical (unpaired) electrons. The highest BCUT2D eigenvalue weighted by atomic mass is 16.5. The molecule has 2 saturated heterocycles. The van der Waals surface area contributed by atoms with Crippen LogP contribution in [0.3, 0.4) is 0 Å². The molecule has 1 saturated carbocycles. The molecule has 2 aromatic carbocycles. The maximum atomic E-state index is 14.6. The summed E-state index contributed by atoms with van der Waals surface area (Å²) < 4.78 is 5.37. The molecule has 2 amide bonds. The van der Waals surface area contributed by atoms with Crippen LogP contribution in [0.1, 0.15) is 56.2 Å². The van der Waals surface area contributed by atoms with Crippen molar-refractivity contribution in [3.8, 4) is 5.75 Å². The van der Waals surface area contributed by atoms with Crippen LogP contribution in [0.5, 0.6) is 5.75 Å². The van der Waals surface area contributed by atoms with Crippen molar-refractivity contribution < 1.29 is 14.3 Å². The van der Waals surface area contributed by atoms with Crippen LogP contribution in [0.25, 0.3) is 0 Å². The molecule has 180 valence electrons. The minimum atomic E-state index is -0.530. The zero-order valence-corrected chi connectivity index (χ0v) is 20.2. The van der Waals surface area contributed by atoms with E-state index in [1.807, 2.05) is 30.3 Å². The smallest absolute Gasteiger partial charge is 0.233 e. The van der Waals surface area contributed by atoms with Gasteiger partial charge in [0.15, 0.2) is 0 Å². The molecule has 0 aromatic heterocycles. The Labute approximate surface area is 202 Å². The second-order valence-corrected chi connectivity index (χ2v) is 10.2. The Bertz CT molecular complexity index is 1030. The Balaban J connectivity index is 1.59. The lowest BCUT2D eigenvalue weighted by Gasteiger charge is -2.40. The van der Waals surface area contributed by atoms with Gasteiger partial charge in [0.25, 0.3) is 0 Å². The highest BCUT2D eigenvalue weighted by Crippen LogP contribution is 2.51. The largest absolute Gasteiger partial charge is 0.497 e. The average molecular weight is 462 g/mol. The van der Waals surface area contributed by atoms with Gasteiger partial charge < -0.3 is 20.3 Å². The Morgan fingerprint density at radius 1 is 1.06 bits per heavy atom. The molecule has 0 bridgehead atoms. The third-order valence-corrected chi connectivity index (χ3v) is 8.29. The number of hydrogen-bond acceptors (Lipinski definition) is 4. The summed E-state index contributed by atoms with van der Waals surface area (Å²) in [7, 11) is 1.66. The SMILES string of the molecule is COc1ccc(C2(C(=O)N3C[C@]4(NC(C)=O)CNCC[C@@H]4[C@H]3c3ccccc3)CCCC2)cc1. The predicted octanol–water partition coefficient (Wildman–Crippen LogP) is 3.57. The first-order valence-electron chi connectivity index (χ1n) is 12.5. The lowest BCUT2D eigenvalue weighted by molar-refractivity contribution is -0.139. The van der Waals surface area contributed by atoms with Crippen LogP contribution in [-0.4, -0.2) is 49.0 Å². The Kier molecular flexibility index (Phi) is 6.11. The third-order valence-electron chi connectivity index (χ3n) is 8.29. The number of amides is 2. The van der Waals surface area contributed by atoms with Gasteiger partial charge in [0.1, 0.15) is 5.75 Å². The zero-order valence-electron chi connectivity index (χ0n) is 20.2. The summed E-state index contributed by atoms with van der Waals surface area (Å²) in [6, 6.07) is 18.4. The van der Waals surface area contributed by atoms with E-state index in [1.54, 1.807) is 14.0 Å². The summed E-state index contributed by atoms with van der Waals surface area (Å²) in [5.74, 6) is 1.12. The number of carbonyl (C=O) groups excluding carboxylic acids is 2. The number of benzene rings is 2. The lowest BCUT2D eigenvalue weighted by Crippen LogP contribution is -2.63. The maximum absolute atomic E-state index is 14.6. The Morgan fingerprint density at radius 3 is 2.41 bits per heavy atom. The second-order valence-electron chi connectivity index (χ2n) is 10.2. The molecule has 3 aliphatic rings. The molecule has 34 heavy (non-hydrogen) atoms. The first-order chi connectivity index (χ1) is 16.5. The molecular formula is C28H35N3O3. The van der Waals surface area contributed by atoms with Crippen LogP contribution < -0.4 is 15.4 Å². The molecule has 1 aliphatic carbocycles. The highest BCUT2D eigenvalue weighted by Gasteiger charge is 2.58. The van der Waals surface area contributed by atoms with Crippen LogP contribution >= 0.6 is 0 Å². The molecule has 2 N–H and O–H groups in total. The Morgan fingerprint density at radius 2 is 1.76 bits per heavy atom. The summed E-state index contributed by atoms with van der Waals surface area (Å²) >= 11 is 0. The van der Waals surface area contributed by atoms with Crippen molar-refractivity contribution in [1.29, 1.82) is 0 Å². The monoisotopic (exact) mass is 461 g/mol. The van der Waals surface area contributed by atoms with E-state index in [0.717, 1.165) is 55.5 Å². The summed E-state index contributed by atoms with van der Waals surface area (Å²) in [5, 5.41) is 6.78. The molecule has 5 rings (SSSR count). The van der Waals surface area contributed by atoms with E-state index in [4.69, 9.17) is 4.74 Å². The number of ether oxygens (including phenoxy) is 1. The minimum absolute atomic E-state index is 0.0412. The first kappa shape index (κ1) is 22.9. The normalized spacial score (nSPS) is 27.8. The fourth-order valence-corrected chi connectivity index (χ4v) is 6.81. The number of methoxy groups -OCH3 is 1. The molecule has 0 spiro atoms. The van der Waals surface area contributed by atoms with Crippen LogP contribution in [0.2, 0.25) is 0 Å². The van der Waals surface area contributed by atoms with Gasteiger partial charge >= 0.3 is 0 Å². The van der Waals surface area contributed by atoms with Crippen molar-refractivity contribution in [3.05, 3.63) is 65.7 Å². The lowest BCUT2D eigenvalue weighted by atomic mass is 9.75. The van der Waals surface area contributed by atoms with E-state index in [-0.39, 0.29) is 23.8 Å². The van der Waals surface area contributed by atoms with E-state index in [2.05, 4.69) is 39.8 Å². The molecule has 2 aliphatic heterocycles. The fourth-order valence-electron chi connectivity index (χ4n) is 6.81. The van der Waals surface area contributed by atoms with E-state index in [1.165, 1.54) is 0 Å². The van der Waals surface area contributed by atoms with Gasteiger partial charge in [-0.15, -0.1) is 0 Å². The van der Waals surface area contributed by atoms with Crippen LogP contribution in [-0.2, 0) is 15.0 Å². The second kappa shape index (κ2) is 9.06. The number of carbonyl (C=O) groups is 2. The number of fused-ring (bicyclic) bond motifs is 1. The standard InChI is InChI=1S/C28H35N3O3/c1-20(32)30-28-18-29-17-14-24(28)25(21-8-4-3-5-9-21)31(19-28)26(33)27(15-6-7-16-27)22-10-12-23(34-2)13-11-22/h3-5,8-13,24-25,29H,6-7,14-19H2,1-2H3,(H,30,32)/t24-,25-,28-/m1/s1. The van der Waals surface area contributed by atoms with Gasteiger partial charge in [-0.1, -0.05) is 55.3 Å². The first-order valence-corrected chi connectivity index (χ1v) is 12.5. The predicted molar refractivity (Wildman–Crippen MR) is 132 cm³/mol. The summed E-state index contributed by atoms with van der Waals surface area (Å²) in [5.41, 5.74) is 1.24. The van der Waals surface area contributed by atoms with Gasteiger partial charge in [0.05, 0.1) is 24.1 Å². The number of hydrogen-bond donors (Lipinski definition) is 2. The molecule has 3 fully saturated rings. The highest BCUT2D eigenvalue weighted by molar-refractivity contribution is 5.90.